The Bertz CT molecular complexity index is 728. The zero-order valence-corrected chi connectivity index (χ0v) is 24.2. The van der Waals surface area contributed by atoms with Crippen LogP contribution in [0.2, 0.25) is 0 Å². The van der Waals surface area contributed by atoms with Gasteiger partial charge in [-0.3, -0.25) is 9.59 Å². The van der Waals surface area contributed by atoms with Crippen LogP contribution in [-0.4, -0.2) is 68.1 Å². The summed E-state index contributed by atoms with van der Waals surface area (Å²) in [7, 11) is 1.39. The summed E-state index contributed by atoms with van der Waals surface area (Å²) in [6.45, 7) is 3.60. The number of carbonyl (C=O) groups is 2. The molecule has 0 amide bonds. The highest BCUT2D eigenvalue weighted by Crippen LogP contribution is 2.38. The van der Waals surface area contributed by atoms with Gasteiger partial charge in [0.15, 0.2) is 12.6 Å². The van der Waals surface area contributed by atoms with Crippen molar-refractivity contribution in [3.8, 4) is 0 Å². The average molecular weight is 553 g/mol. The number of hydrogen-bond acceptors (Lipinski definition) is 8. The lowest BCUT2D eigenvalue weighted by Gasteiger charge is -2.30. The third-order valence-electron chi connectivity index (χ3n) is 8.21. The van der Waals surface area contributed by atoms with Crippen LogP contribution in [0.15, 0.2) is 12.2 Å². The minimum absolute atomic E-state index is 0.0478. The predicted molar refractivity (Wildman–Crippen MR) is 148 cm³/mol. The molecule has 39 heavy (non-hydrogen) atoms. The summed E-state index contributed by atoms with van der Waals surface area (Å²) in [6, 6.07) is 0. The second kappa shape index (κ2) is 18.2. The van der Waals surface area contributed by atoms with E-state index in [1.807, 2.05) is 0 Å². The first-order valence-electron chi connectivity index (χ1n) is 15.5. The number of rotatable bonds is 17. The molecule has 2 saturated heterocycles. The van der Waals surface area contributed by atoms with Gasteiger partial charge in [-0.1, -0.05) is 51.2 Å². The molecule has 8 nitrogen and oxygen atoms in total. The van der Waals surface area contributed by atoms with Crippen molar-refractivity contribution in [1.29, 1.82) is 0 Å². The number of aliphatic hydroxyl groups is 1. The van der Waals surface area contributed by atoms with Crippen molar-refractivity contribution in [2.24, 2.45) is 11.8 Å². The number of esters is 1. The van der Waals surface area contributed by atoms with Crippen molar-refractivity contribution in [3.05, 3.63) is 12.2 Å². The monoisotopic (exact) mass is 552 g/mol. The Balaban J connectivity index is 1.67. The Morgan fingerprint density at radius 2 is 1.72 bits per heavy atom. The van der Waals surface area contributed by atoms with Crippen LogP contribution in [-0.2, 0) is 33.3 Å². The van der Waals surface area contributed by atoms with Crippen LogP contribution in [0.25, 0.3) is 0 Å². The highest BCUT2D eigenvalue weighted by atomic mass is 16.7. The maximum atomic E-state index is 13.2. The van der Waals surface area contributed by atoms with Crippen molar-refractivity contribution >= 4 is 11.8 Å². The number of aliphatic hydroxyl groups excluding tert-OH is 1. The first-order chi connectivity index (χ1) is 19.0. The molecule has 3 aliphatic rings. The molecule has 0 aromatic heterocycles. The van der Waals surface area contributed by atoms with Gasteiger partial charge in [0.25, 0.3) is 0 Å². The van der Waals surface area contributed by atoms with Gasteiger partial charge in [0.2, 0.25) is 0 Å². The molecule has 2 heterocycles. The van der Waals surface area contributed by atoms with Gasteiger partial charge < -0.3 is 28.8 Å². The third-order valence-corrected chi connectivity index (χ3v) is 8.21. The van der Waals surface area contributed by atoms with E-state index in [4.69, 9.17) is 23.7 Å². The number of unbranched alkanes of at least 4 members (excludes halogenated alkanes) is 4. The van der Waals surface area contributed by atoms with Crippen LogP contribution in [0.4, 0.5) is 0 Å². The molecule has 1 N–H and O–H groups in total. The van der Waals surface area contributed by atoms with Crippen molar-refractivity contribution < 1.29 is 38.4 Å². The van der Waals surface area contributed by atoms with Crippen LogP contribution in [0.5, 0.6) is 0 Å². The summed E-state index contributed by atoms with van der Waals surface area (Å²) < 4.78 is 29.1. The average Bonchev–Trinajstić information content (AvgIpc) is 3.26. The summed E-state index contributed by atoms with van der Waals surface area (Å²) in [5.41, 5.74) is 0. The zero-order chi connectivity index (χ0) is 27.9. The van der Waals surface area contributed by atoms with E-state index in [1.165, 1.54) is 7.11 Å². The van der Waals surface area contributed by atoms with Crippen molar-refractivity contribution in [1.82, 2.24) is 0 Å². The summed E-state index contributed by atoms with van der Waals surface area (Å²) in [6.07, 6.45) is 16.2. The van der Waals surface area contributed by atoms with Gasteiger partial charge >= 0.3 is 5.97 Å². The zero-order valence-electron chi connectivity index (χ0n) is 24.2. The van der Waals surface area contributed by atoms with E-state index in [0.29, 0.717) is 25.9 Å². The summed E-state index contributed by atoms with van der Waals surface area (Å²) >= 11 is 0. The highest BCUT2D eigenvalue weighted by Gasteiger charge is 2.46. The predicted octanol–water partition coefficient (Wildman–Crippen LogP) is 5.64. The SMILES string of the molecule is CCCCCC(C=C[C@H]1C(OC2CCCCO2)CC(=O)[C@@H]1C(O)CCCCCC(=O)OC)OC1CCCCO1. The van der Waals surface area contributed by atoms with Crippen LogP contribution in [0.1, 0.15) is 110 Å². The fourth-order valence-corrected chi connectivity index (χ4v) is 5.94. The molecule has 0 bridgehead atoms. The van der Waals surface area contributed by atoms with Gasteiger partial charge in [-0.05, 0) is 57.8 Å². The first kappa shape index (κ1) is 32.2. The summed E-state index contributed by atoms with van der Waals surface area (Å²) in [4.78, 5) is 24.6. The van der Waals surface area contributed by atoms with Crippen molar-refractivity contribution in [2.45, 2.75) is 141 Å². The minimum atomic E-state index is -0.757. The first-order valence-corrected chi connectivity index (χ1v) is 15.5. The molecule has 2 aliphatic heterocycles. The molecule has 0 radical (unpaired) electrons. The molecule has 5 unspecified atom stereocenters. The molecule has 3 fully saturated rings. The summed E-state index contributed by atoms with van der Waals surface area (Å²) in [5.74, 6) is -0.923. The number of carbonyl (C=O) groups excluding carboxylic acids is 2. The van der Waals surface area contributed by atoms with Crippen LogP contribution < -0.4 is 0 Å². The highest BCUT2D eigenvalue weighted by molar-refractivity contribution is 5.85. The molecule has 0 aromatic rings. The number of methoxy groups -OCH3 is 1. The molecular formula is C31H52O8. The lowest BCUT2D eigenvalue weighted by Crippen LogP contribution is -2.34. The van der Waals surface area contributed by atoms with Gasteiger partial charge in [-0.2, -0.15) is 0 Å². The number of ketones is 1. The van der Waals surface area contributed by atoms with Gasteiger partial charge in [0.05, 0.1) is 31.3 Å². The quantitative estimate of drug-likeness (QED) is 0.141. The smallest absolute Gasteiger partial charge is 0.305 e. The summed E-state index contributed by atoms with van der Waals surface area (Å²) in [5, 5.41) is 11.2. The Kier molecular flexibility index (Phi) is 15.0. The standard InChI is InChI=1S/C31H52O8/c1-3-4-6-13-23(38-29-16-9-11-20-36-29)18-19-24-27(39-30-17-10-12-21-37-30)22-26(33)31(24)25(32)14-7-5-8-15-28(34)35-2/h18-19,23-25,27,29-32H,3-17,20-22H2,1-2H3/t23?,24-,25?,27?,29?,30?,31-/m0/s1. The maximum Gasteiger partial charge on any atom is 0.305 e. The molecule has 224 valence electrons. The molecule has 1 saturated carbocycles. The van der Waals surface area contributed by atoms with Gasteiger partial charge in [-0.15, -0.1) is 0 Å². The Morgan fingerprint density at radius 3 is 2.38 bits per heavy atom. The van der Waals surface area contributed by atoms with Crippen LogP contribution >= 0.6 is 0 Å². The normalized spacial score (nSPS) is 29.5. The largest absolute Gasteiger partial charge is 0.469 e. The van der Waals surface area contributed by atoms with Crippen LogP contribution in [0, 0.1) is 11.8 Å². The van der Waals surface area contributed by atoms with E-state index >= 15 is 0 Å². The molecular weight excluding hydrogens is 500 g/mol. The van der Waals surface area contributed by atoms with E-state index in [0.717, 1.165) is 83.7 Å². The second-order valence-electron chi connectivity index (χ2n) is 11.3. The number of ether oxygens (including phenoxy) is 5. The van der Waals surface area contributed by atoms with Gasteiger partial charge in [0, 0.05) is 32.0 Å². The Hall–Kier alpha value is -1.32. The fraction of sp³-hybridized carbons (Fsp3) is 0.871. The molecule has 1 aliphatic carbocycles. The lowest BCUT2D eigenvalue weighted by molar-refractivity contribution is -0.193. The van der Waals surface area contributed by atoms with E-state index < -0.39 is 12.0 Å². The minimum Gasteiger partial charge on any atom is -0.469 e. The van der Waals surface area contributed by atoms with Crippen molar-refractivity contribution in [2.75, 3.05) is 20.3 Å². The fourth-order valence-electron chi connectivity index (χ4n) is 5.94. The topological polar surface area (TPSA) is 101 Å². The number of hydrogen-bond donors (Lipinski definition) is 1. The van der Waals surface area contributed by atoms with Gasteiger partial charge in [-0.25, -0.2) is 0 Å². The second-order valence-corrected chi connectivity index (χ2v) is 11.3. The molecule has 8 heteroatoms. The van der Waals surface area contributed by atoms with E-state index in [1.54, 1.807) is 0 Å². The van der Waals surface area contributed by atoms with Crippen molar-refractivity contribution in [3.63, 3.8) is 0 Å². The van der Waals surface area contributed by atoms with E-state index in [2.05, 4.69) is 19.1 Å². The number of Topliss-reactive ketones (excluding diaryl/α,β-unsaturated/α-hetero) is 1. The Morgan fingerprint density at radius 1 is 1.00 bits per heavy atom. The molecule has 0 spiro atoms. The molecule has 7 atom stereocenters. The molecule has 0 aromatic carbocycles. The van der Waals surface area contributed by atoms with Gasteiger partial charge in [0.1, 0.15) is 5.78 Å². The Labute approximate surface area is 235 Å². The maximum absolute atomic E-state index is 13.2. The van der Waals surface area contributed by atoms with E-state index in [-0.39, 0.29) is 48.9 Å². The molecule has 3 rings (SSSR count). The van der Waals surface area contributed by atoms with Crippen LogP contribution in [0.3, 0.4) is 0 Å². The third kappa shape index (κ3) is 11.2. The lowest BCUT2D eigenvalue weighted by atomic mass is 9.86. The van der Waals surface area contributed by atoms with E-state index in [9.17, 15) is 14.7 Å².